The van der Waals surface area contributed by atoms with E-state index in [2.05, 4.69) is 76.4 Å². The van der Waals surface area contributed by atoms with E-state index >= 15 is 0 Å². The highest BCUT2D eigenvalue weighted by Crippen LogP contribution is 2.54. The number of nitrogens with two attached hydrogens (primary N) is 1. The maximum absolute atomic E-state index is 13.8. The van der Waals surface area contributed by atoms with Crippen molar-refractivity contribution in [2.24, 2.45) is 17.6 Å². The van der Waals surface area contributed by atoms with Crippen LogP contribution in [0.1, 0.15) is 103 Å². The Morgan fingerprint density at radius 1 is 0.711 bits per heavy atom. The molecule has 2 aromatic heterocycles. The van der Waals surface area contributed by atoms with Crippen LogP contribution in [-0.2, 0) is 38.1 Å². The molecule has 0 spiro atoms. The molecule has 76 heavy (non-hydrogen) atoms. The number of halogens is 4. The maximum atomic E-state index is 13.8. The standard InChI is InChI=1S/C29H36F2N4O3.C15H19F2NO3.C14H17N3/c1-5-20-17-29(20,21-8-6-9-24(15-21)35-11-7-10-33-35)32-18-26(36)25(34-27(37)38-28(2,3)4)14-19-12-22(30)16-23(31)13-19;1-15(2,3)21-14(19)18-12(13-8-20-13)6-9-4-10(16)7-11(17)5-9;1-2-11-10-14(11,15)12-5-3-6-13(9-12)17-8-4-7-16-17/h6-13,15-16,20,25-26,32,36H,5,14,17-18H2,1-4H3,(H,34,37);4-5,7,12-13H,6,8H2,1-3H3,(H,18,19);3-9,11H,2,10,15H2,1H3. The number of epoxide rings is 1. The van der Waals surface area contributed by atoms with Crippen molar-refractivity contribution in [3.8, 4) is 11.4 Å². The number of nitrogens with zero attached hydrogens (tertiary/aromatic N) is 4. The van der Waals surface area contributed by atoms with Crippen LogP contribution in [0.15, 0.2) is 122 Å². The fourth-order valence-electron chi connectivity index (χ4n) is 9.57. The average molecular weight is 1050 g/mol. The molecule has 3 fully saturated rings. The molecule has 14 nitrogen and oxygen atoms in total. The predicted molar refractivity (Wildman–Crippen MR) is 282 cm³/mol. The average Bonchev–Trinajstić information content (AvgIpc) is 4.34. The summed E-state index contributed by atoms with van der Waals surface area (Å²) in [6.07, 6.45) is 9.28. The molecule has 3 heterocycles. The second-order valence-electron chi connectivity index (χ2n) is 21.9. The van der Waals surface area contributed by atoms with E-state index in [0.29, 0.717) is 29.6 Å². The van der Waals surface area contributed by atoms with Crippen molar-refractivity contribution >= 4 is 12.2 Å². The molecular formula is C58H72F4N8O6. The molecule has 8 unspecified atom stereocenters. The third-order valence-electron chi connectivity index (χ3n) is 13.6. The van der Waals surface area contributed by atoms with Crippen molar-refractivity contribution in [1.29, 1.82) is 0 Å². The molecular weight excluding hydrogens is 981 g/mol. The molecule has 2 aliphatic carbocycles. The first-order chi connectivity index (χ1) is 35.9. The molecule has 6 aromatic rings. The van der Waals surface area contributed by atoms with Crippen LogP contribution < -0.4 is 21.7 Å². The Labute approximate surface area is 442 Å². The van der Waals surface area contributed by atoms with Crippen molar-refractivity contribution in [2.45, 2.75) is 140 Å². The van der Waals surface area contributed by atoms with E-state index in [1.54, 1.807) is 58.6 Å². The summed E-state index contributed by atoms with van der Waals surface area (Å²) in [5, 5.41) is 28.7. The number of carbonyl (C=O) groups is 2. The Balaban J connectivity index is 0.000000185. The third kappa shape index (κ3) is 16.0. The summed E-state index contributed by atoms with van der Waals surface area (Å²) in [5.74, 6) is -1.71. The highest BCUT2D eigenvalue weighted by molar-refractivity contribution is 5.68. The number of aromatic nitrogens is 4. The van der Waals surface area contributed by atoms with Gasteiger partial charge in [-0.15, -0.1) is 0 Å². The summed E-state index contributed by atoms with van der Waals surface area (Å²) in [6, 6.07) is 25.6. The SMILES string of the molecule is CC(C)(C)OC(=O)NC(Cc1cc(F)cc(F)c1)C1CO1.CCC1CC1(N)c1cccc(-n2cccn2)c1.CCC1CC1(NCC(O)C(Cc1cc(F)cc(F)c1)NC(=O)OC(C)(C)C)c1cccc(-n2cccn2)c1. The number of hydrogen-bond donors (Lipinski definition) is 5. The summed E-state index contributed by atoms with van der Waals surface area (Å²) in [4.78, 5) is 24.3. The molecule has 4 aromatic carbocycles. The van der Waals surface area contributed by atoms with Crippen LogP contribution in [0.4, 0.5) is 27.2 Å². The monoisotopic (exact) mass is 1050 g/mol. The van der Waals surface area contributed by atoms with E-state index in [9.17, 15) is 32.3 Å². The molecule has 1 saturated heterocycles. The van der Waals surface area contributed by atoms with Crippen molar-refractivity contribution in [3.05, 3.63) is 167 Å². The van der Waals surface area contributed by atoms with Crippen LogP contribution in [0.5, 0.6) is 0 Å². The zero-order valence-electron chi connectivity index (χ0n) is 44.5. The number of aliphatic hydroxyl groups is 1. The normalized spacial score (nSPS) is 21.6. The van der Waals surface area contributed by atoms with Gasteiger partial charge in [0, 0.05) is 54.5 Å². The van der Waals surface area contributed by atoms with Gasteiger partial charge >= 0.3 is 12.2 Å². The van der Waals surface area contributed by atoms with Gasteiger partial charge in [0.05, 0.1) is 36.2 Å². The second kappa shape index (κ2) is 24.2. The third-order valence-corrected chi connectivity index (χ3v) is 13.6. The molecule has 8 atom stereocenters. The van der Waals surface area contributed by atoms with E-state index in [0.717, 1.165) is 54.8 Å². The molecule has 408 valence electrons. The van der Waals surface area contributed by atoms with Crippen molar-refractivity contribution in [2.75, 3.05) is 13.2 Å². The maximum Gasteiger partial charge on any atom is 0.407 e. The number of hydrogen-bond acceptors (Lipinski definition) is 10. The van der Waals surface area contributed by atoms with Gasteiger partial charge in [-0.2, -0.15) is 10.2 Å². The number of rotatable bonds is 17. The topological polar surface area (TPSA) is 183 Å². The number of benzene rings is 4. The van der Waals surface area contributed by atoms with Gasteiger partial charge in [0.15, 0.2) is 0 Å². The molecule has 0 bridgehead atoms. The van der Waals surface area contributed by atoms with Crippen LogP contribution in [-0.4, -0.2) is 85.5 Å². The first-order valence-corrected chi connectivity index (χ1v) is 25.9. The van der Waals surface area contributed by atoms with Gasteiger partial charge < -0.3 is 41.0 Å². The minimum absolute atomic E-state index is 0.0236. The number of carbonyl (C=O) groups excluding carboxylic acids is 2. The van der Waals surface area contributed by atoms with E-state index in [4.69, 9.17) is 19.9 Å². The van der Waals surface area contributed by atoms with Gasteiger partial charge in [0.1, 0.15) is 40.6 Å². The number of amides is 2. The van der Waals surface area contributed by atoms with Crippen LogP contribution >= 0.6 is 0 Å². The Morgan fingerprint density at radius 2 is 1.20 bits per heavy atom. The lowest BCUT2D eigenvalue weighted by molar-refractivity contribution is 0.0417. The molecule has 0 radical (unpaired) electrons. The summed E-state index contributed by atoms with van der Waals surface area (Å²) < 4.78 is 73.5. The zero-order chi connectivity index (χ0) is 55.0. The van der Waals surface area contributed by atoms with Gasteiger partial charge in [-0.3, -0.25) is 0 Å². The number of alkyl carbamates (subject to hydrolysis) is 2. The number of nitrogens with one attached hydrogen (secondary N) is 3. The summed E-state index contributed by atoms with van der Waals surface area (Å²) in [6.45, 7) is 15.5. The van der Waals surface area contributed by atoms with Gasteiger partial charge in [-0.1, -0.05) is 51.0 Å². The van der Waals surface area contributed by atoms with E-state index in [-0.39, 0.29) is 42.6 Å². The van der Waals surface area contributed by atoms with Gasteiger partial charge in [-0.25, -0.2) is 36.5 Å². The minimum atomic E-state index is -1.06. The highest BCUT2D eigenvalue weighted by atomic mass is 19.1. The second-order valence-corrected chi connectivity index (χ2v) is 21.9. The largest absolute Gasteiger partial charge is 0.444 e. The van der Waals surface area contributed by atoms with Crippen molar-refractivity contribution in [3.63, 3.8) is 0 Å². The number of aliphatic hydroxyl groups excluding tert-OH is 1. The summed E-state index contributed by atoms with van der Waals surface area (Å²) >= 11 is 0. The smallest absolute Gasteiger partial charge is 0.407 e. The molecule has 2 amide bonds. The molecule has 1 aliphatic heterocycles. The van der Waals surface area contributed by atoms with E-state index < -0.39 is 58.8 Å². The quantitative estimate of drug-likeness (QED) is 0.0435. The van der Waals surface area contributed by atoms with E-state index in [1.165, 1.54) is 29.8 Å². The van der Waals surface area contributed by atoms with Crippen LogP contribution in [0.25, 0.3) is 11.4 Å². The predicted octanol–water partition coefficient (Wildman–Crippen LogP) is 10.1. The lowest BCUT2D eigenvalue weighted by atomic mass is 9.98. The van der Waals surface area contributed by atoms with Gasteiger partial charge in [0.25, 0.3) is 0 Å². The van der Waals surface area contributed by atoms with Gasteiger partial charge in [-0.05, 0) is 162 Å². The van der Waals surface area contributed by atoms with Crippen molar-refractivity contribution < 1.29 is 46.5 Å². The summed E-state index contributed by atoms with van der Waals surface area (Å²) in [7, 11) is 0. The van der Waals surface area contributed by atoms with Gasteiger partial charge in [0.2, 0.25) is 0 Å². The minimum Gasteiger partial charge on any atom is -0.444 e. The zero-order valence-corrected chi connectivity index (χ0v) is 44.5. The molecule has 18 heteroatoms. The van der Waals surface area contributed by atoms with Crippen LogP contribution in [0, 0.1) is 35.1 Å². The first-order valence-electron chi connectivity index (χ1n) is 25.9. The van der Waals surface area contributed by atoms with Crippen LogP contribution in [0.3, 0.4) is 0 Å². The lowest BCUT2D eigenvalue weighted by Gasteiger charge is -2.29. The fourth-order valence-corrected chi connectivity index (χ4v) is 9.57. The lowest BCUT2D eigenvalue weighted by Crippen LogP contribution is -2.51. The molecule has 3 aliphatic rings. The number of ether oxygens (including phenoxy) is 3. The Bertz CT molecular complexity index is 2830. The fraction of sp³-hybridized carbons (Fsp3) is 0.448. The van der Waals surface area contributed by atoms with E-state index in [1.807, 2.05) is 41.3 Å². The molecule has 9 rings (SSSR count). The first kappa shape index (κ1) is 57.1. The molecule has 2 saturated carbocycles. The Hall–Kier alpha value is -6.60. The Morgan fingerprint density at radius 3 is 1.64 bits per heavy atom. The van der Waals surface area contributed by atoms with Crippen LogP contribution in [0.2, 0.25) is 0 Å². The summed E-state index contributed by atoms with van der Waals surface area (Å²) in [5.41, 5.74) is 9.76. The molecule has 6 N–H and O–H groups in total. The van der Waals surface area contributed by atoms with Crippen molar-refractivity contribution in [1.82, 2.24) is 35.5 Å². The Kier molecular flexibility index (Phi) is 18.2. The highest BCUT2D eigenvalue weighted by Gasteiger charge is 2.54.